The number of hydrogen-bond acceptors (Lipinski definition) is 1. The van der Waals surface area contributed by atoms with E-state index in [0.29, 0.717) is 17.0 Å². The molecule has 92 valence electrons. The van der Waals surface area contributed by atoms with E-state index in [4.69, 9.17) is 0 Å². The quantitative estimate of drug-likeness (QED) is 0.838. The van der Waals surface area contributed by atoms with Crippen LogP contribution in [0.25, 0.3) is 0 Å². The summed E-state index contributed by atoms with van der Waals surface area (Å²) in [7, 11) is 0. The molecule has 2 atom stereocenters. The first-order chi connectivity index (χ1) is 8.06. The highest BCUT2D eigenvalue weighted by Crippen LogP contribution is 2.25. The molecule has 0 aromatic heterocycles. The first-order valence-electron chi connectivity index (χ1n) is 6.13. The van der Waals surface area contributed by atoms with Crippen LogP contribution >= 0.6 is 0 Å². The van der Waals surface area contributed by atoms with Crippen LogP contribution in [0.3, 0.4) is 0 Å². The highest BCUT2D eigenvalue weighted by atomic mass is 19.1. The van der Waals surface area contributed by atoms with E-state index in [1.165, 1.54) is 18.6 Å². The lowest BCUT2D eigenvalue weighted by Gasteiger charge is -2.13. The van der Waals surface area contributed by atoms with E-state index >= 15 is 0 Å². The second kappa shape index (κ2) is 4.86. The third-order valence-electron chi connectivity index (χ3n) is 3.46. The summed E-state index contributed by atoms with van der Waals surface area (Å²) in [6.45, 7) is 3.96. The van der Waals surface area contributed by atoms with Gasteiger partial charge in [0, 0.05) is 11.6 Å². The van der Waals surface area contributed by atoms with Crippen molar-refractivity contribution < 1.29 is 9.18 Å². The Labute approximate surface area is 101 Å². The number of carbonyl (C=O) groups excluding carboxylic acids is 1. The van der Waals surface area contributed by atoms with Gasteiger partial charge in [0.1, 0.15) is 5.82 Å². The van der Waals surface area contributed by atoms with Crippen LogP contribution in [0.4, 0.5) is 4.39 Å². The molecule has 1 fully saturated rings. The van der Waals surface area contributed by atoms with Crippen molar-refractivity contribution in [3.05, 3.63) is 35.1 Å². The molecule has 17 heavy (non-hydrogen) atoms. The van der Waals surface area contributed by atoms with Gasteiger partial charge in [-0.1, -0.05) is 6.92 Å². The zero-order chi connectivity index (χ0) is 12.4. The smallest absolute Gasteiger partial charge is 0.251 e. The van der Waals surface area contributed by atoms with Crippen molar-refractivity contribution in [1.29, 1.82) is 0 Å². The highest BCUT2D eigenvalue weighted by Gasteiger charge is 2.23. The summed E-state index contributed by atoms with van der Waals surface area (Å²) in [5.74, 6) is 0.310. The maximum absolute atomic E-state index is 12.9. The number of hydrogen-bond donors (Lipinski definition) is 1. The predicted molar refractivity (Wildman–Crippen MR) is 65.4 cm³/mol. The average molecular weight is 235 g/mol. The summed E-state index contributed by atoms with van der Waals surface area (Å²) in [5, 5.41) is 3.02. The molecular formula is C14H18FNO. The van der Waals surface area contributed by atoms with Gasteiger partial charge >= 0.3 is 0 Å². The maximum Gasteiger partial charge on any atom is 0.251 e. The molecule has 1 amide bonds. The molecule has 1 aliphatic rings. The second-order valence-corrected chi connectivity index (χ2v) is 5.05. The Balaban J connectivity index is 2.04. The maximum atomic E-state index is 12.9. The van der Waals surface area contributed by atoms with Crippen molar-refractivity contribution in [3.63, 3.8) is 0 Å². The van der Waals surface area contributed by atoms with Gasteiger partial charge in [0.15, 0.2) is 0 Å². The van der Waals surface area contributed by atoms with Crippen LogP contribution in [0.2, 0.25) is 0 Å². The predicted octanol–water partition coefficient (Wildman–Crippen LogP) is 3.05. The molecule has 0 spiro atoms. The molecule has 1 N–H and O–H groups in total. The van der Waals surface area contributed by atoms with Gasteiger partial charge in [0.25, 0.3) is 5.91 Å². The van der Waals surface area contributed by atoms with E-state index in [-0.39, 0.29) is 17.8 Å². The third-order valence-corrected chi connectivity index (χ3v) is 3.46. The molecule has 0 saturated heterocycles. The van der Waals surface area contributed by atoms with E-state index in [1.54, 1.807) is 13.0 Å². The molecule has 0 heterocycles. The molecule has 2 rings (SSSR count). The van der Waals surface area contributed by atoms with Crippen LogP contribution in [0.15, 0.2) is 18.2 Å². The van der Waals surface area contributed by atoms with Gasteiger partial charge in [-0.25, -0.2) is 4.39 Å². The standard InChI is InChI=1S/C14H18FNO/c1-9-3-5-12(7-9)16-14(17)13-6-4-11(15)8-10(13)2/h4,6,8-9,12H,3,5,7H2,1-2H3,(H,16,17). The lowest BCUT2D eigenvalue weighted by molar-refractivity contribution is 0.0936. The Kier molecular flexibility index (Phi) is 3.46. The molecule has 1 aromatic carbocycles. The monoisotopic (exact) mass is 235 g/mol. The fourth-order valence-electron chi connectivity index (χ4n) is 2.48. The van der Waals surface area contributed by atoms with E-state index in [1.807, 2.05) is 0 Å². The fourth-order valence-corrected chi connectivity index (χ4v) is 2.48. The molecule has 1 aliphatic carbocycles. The molecule has 0 bridgehead atoms. The molecule has 0 radical (unpaired) electrons. The fraction of sp³-hybridized carbons (Fsp3) is 0.500. The molecule has 1 saturated carbocycles. The normalized spacial score (nSPS) is 23.7. The molecular weight excluding hydrogens is 217 g/mol. The van der Waals surface area contributed by atoms with Crippen LogP contribution in [-0.4, -0.2) is 11.9 Å². The largest absolute Gasteiger partial charge is 0.349 e. The van der Waals surface area contributed by atoms with Crippen LogP contribution in [-0.2, 0) is 0 Å². The van der Waals surface area contributed by atoms with Crippen molar-refractivity contribution in [2.24, 2.45) is 5.92 Å². The zero-order valence-corrected chi connectivity index (χ0v) is 10.3. The van der Waals surface area contributed by atoms with Crippen molar-refractivity contribution in [1.82, 2.24) is 5.32 Å². The summed E-state index contributed by atoms with van der Waals surface area (Å²) in [5.41, 5.74) is 1.26. The molecule has 1 aromatic rings. The first kappa shape index (κ1) is 12.1. The van der Waals surface area contributed by atoms with Crippen LogP contribution in [0, 0.1) is 18.7 Å². The van der Waals surface area contributed by atoms with Gasteiger partial charge in [-0.05, 0) is 55.9 Å². The first-order valence-corrected chi connectivity index (χ1v) is 6.13. The average Bonchev–Trinajstić information content (AvgIpc) is 2.63. The van der Waals surface area contributed by atoms with Gasteiger partial charge < -0.3 is 5.32 Å². The van der Waals surface area contributed by atoms with Gasteiger partial charge in [0.05, 0.1) is 0 Å². The molecule has 3 heteroatoms. The van der Waals surface area contributed by atoms with Crippen LogP contribution in [0.1, 0.15) is 42.1 Å². The number of rotatable bonds is 2. The SMILES string of the molecule is Cc1cc(F)ccc1C(=O)NC1CCC(C)C1. The molecule has 2 nitrogen and oxygen atoms in total. The van der Waals surface area contributed by atoms with Gasteiger partial charge in [0.2, 0.25) is 0 Å². The Morgan fingerprint density at radius 2 is 2.18 bits per heavy atom. The lowest BCUT2D eigenvalue weighted by atomic mass is 10.1. The number of aryl methyl sites for hydroxylation is 1. The van der Waals surface area contributed by atoms with Gasteiger partial charge in [-0.3, -0.25) is 4.79 Å². The molecule has 0 aliphatic heterocycles. The van der Waals surface area contributed by atoms with Crippen molar-refractivity contribution in [2.45, 2.75) is 39.2 Å². The van der Waals surface area contributed by atoms with Crippen molar-refractivity contribution >= 4 is 5.91 Å². The number of carbonyl (C=O) groups is 1. The number of benzene rings is 1. The minimum absolute atomic E-state index is 0.0819. The third kappa shape index (κ3) is 2.84. The number of halogens is 1. The highest BCUT2D eigenvalue weighted by molar-refractivity contribution is 5.95. The zero-order valence-electron chi connectivity index (χ0n) is 10.3. The summed E-state index contributed by atoms with van der Waals surface area (Å²) in [6.07, 6.45) is 3.27. The minimum Gasteiger partial charge on any atom is -0.349 e. The second-order valence-electron chi connectivity index (χ2n) is 5.05. The topological polar surface area (TPSA) is 29.1 Å². The Hall–Kier alpha value is -1.38. The van der Waals surface area contributed by atoms with Crippen LogP contribution < -0.4 is 5.32 Å². The Bertz CT molecular complexity index is 430. The van der Waals surface area contributed by atoms with E-state index in [2.05, 4.69) is 12.2 Å². The van der Waals surface area contributed by atoms with E-state index in [9.17, 15) is 9.18 Å². The van der Waals surface area contributed by atoms with E-state index < -0.39 is 0 Å². The van der Waals surface area contributed by atoms with Crippen molar-refractivity contribution in [3.8, 4) is 0 Å². The van der Waals surface area contributed by atoms with Crippen LogP contribution in [0.5, 0.6) is 0 Å². The summed E-state index contributed by atoms with van der Waals surface area (Å²) in [6, 6.07) is 4.56. The summed E-state index contributed by atoms with van der Waals surface area (Å²) in [4.78, 5) is 12.0. The minimum atomic E-state index is -0.298. The summed E-state index contributed by atoms with van der Waals surface area (Å²) < 4.78 is 12.9. The van der Waals surface area contributed by atoms with E-state index in [0.717, 1.165) is 12.8 Å². The van der Waals surface area contributed by atoms with Gasteiger partial charge in [-0.15, -0.1) is 0 Å². The van der Waals surface area contributed by atoms with Crippen molar-refractivity contribution in [2.75, 3.05) is 0 Å². The molecule has 2 unspecified atom stereocenters. The number of nitrogens with one attached hydrogen (secondary N) is 1. The van der Waals surface area contributed by atoms with Gasteiger partial charge in [-0.2, -0.15) is 0 Å². The summed E-state index contributed by atoms with van der Waals surface area (Å²) >= 11 is 0. The number of amides is 1. The Morgan fingerprint density at radius 1 is 1.41 bits per heavy atom. The Morgan fingerprint density at radius 3 is 2.76 bits per heavy atom. The lowest BCUT2D eigenvalue weighted by Crippen LogP contribution is -2.33.